The van der Waals surface area contributed by atoms with Crippen LogP contribution in [0.4, 0.5) is 0 Å². The van der Waals surface area contributed by atoms with E-state index in [0.29, 0.717) is 31.6 Å². The number of hydrogen-bond acceptors (Lipinski definition) is 5. The number of methoxy groups -OCH3 is 1. The van der Waals surface area contributed by atoms with E-state index in [0.717, 1.165) is 53.3 Å². The summed E-state index contributed by atoms with van der Waals surface area (Å²) in [7, 11) is 1.69. The van der Waals surface area contributed by atoms with Gasteiger partial charge in [-0.3, -0.25) is 9.69 Å². The predicted octanol–water partition coefficient (Wildman–Crippen LogP) is 7.24. The molecule has 1 aliphatic heterocycles. The first-order valence-corrected chi connectivity index (χ1v) is 15.0. The Hall–Kier alpha value is -3.35. The topological polar surface area (TPSA) is 71.0 Å². The lowest BCUT2D eigenvalue weighted by molar-refractivity contribution is -0.137. The first-order valence-electron chi connectivity index (χ1n) is 15.0. The zero-order valence-corrected chi connectivity index (χ0v) is 25.3. The number of nitrogens with zero attached hydrogens (tertiary/aromatic N) is 1. The van der Waals surface area contributed by atoms with Crippen molar-refractivity contribution in [3.8, 4) is 33.8 Å². The van der Waals surface area contributed by atoms with Gasteiger partial charge in [-0.2, -0.15) is 0 Å². The van der Waals surface area contributed by atoms with Crippen molar-refractivity contribution in [2.45, 2.75) is 78.4 Å². The Labute approximate surface area is 245 Å². The minimum atomic E-state index is -0.764. The minimum absolute atomic E-state index is 0.172. The molecule has 0 aromatic heterocycles. The van der Waals surface area contributed by atoms with E-state index in [2.05, 4.69) is 86.4 Å². The summed E-state index contributed by atoms with van der Waals surface area (Å²) in [5, 5.41) is 12.2. The second-order valence-corrected chi connectivity index (χ2v) is 11.4. The highest BCUT2D eigenvalue weighted by molar-refractivity contribution is 5.81. The number of nitrogens with one attached hydrogen (secondary N) is 1. The molecule has 0 unspecified atom stereocenters. The van der Waals surface area contributed by atoms with Gasteiger partial charge in [0.25, 0.3) is 0 Å². The van der Waals surface area contributed by atoms with Crippen LogP contribution in [-0.4, -0.2) is 54.9 Å². The normalized spacial score (nSPS) is 17.1. The van der Waals surface area contributed by atoms with Crippen LogP contribution in [0.15, 0.2) is 54.6 Å². The fourth-order valence-corrected chi connectivity index (χ4v) is 6.05. The Morgan fingerprint density at radius 3 is 2.34 bits per heavy atom. The summed E-state index contributed by atoms with van der Waals surface area (Å²) in [6.07, 6.45) is 4.39. The van der Waals surface area contributed by atoms with E-state index in [1.54, 1.807) is 7.11 Å². The van der Waals surface area contributed by atoms with Gasteiger partial charge < -0.3 is 19.9 Å². The number of likely N-dealkylation sites (tertiary alicyclic amines) is 1. The summed E-state index contributed by atoms with van der Waals surface area (Å²) >= 11 is 0. The van der Waals surface area contributed by atoms with E-state index in [4.69, 9.17) is 14.6 Å². The second kappa shape index (κ2) is 14.5. The van der Waals surface area contributed by atoms with Gasteiger partial charge in [-0.15, -0.1) is 0 Å². The van der Waals surface area contributed by atoms with Gasteiger partial charge in [0.1, 0.15) is 11.5 Å². The van der Waals surface area contributed by atoms with E-state index < -0.39 is 5.97 Å². The molecule has 6 nitrogen and oxygen atoms in total. The first kappa shape index (κ1) is 30.6. The molecule has 41 heavy (non-hydrogen) atoms. The van der Waals surface area contributed by atoms with E-state index in [9.17, 15) is 4.79 Å². The Morgan fingerprint density at radius 2 is 1.63 bits per heavy atom. The summed E-state index contributed by atoms with van der Waals surface area (Å²) < 4.78 is 11.9. The molecule has 0 spiro atoms. The van der Waals surface area contributed by atoms with Crippen molar-refractivity contribution in [3.05, 3.63) is 71.3 Å². The van der Waals surface area contributed by atoms with E-state index in [1.807, 2.05) is 6.07 Å². The van der Waals surface area contributed by atoms with Gasteiger partial charge in [-0.25, -0.2) is 0 Å². The molecule has 1 heterocycles. The van der Waals surface area contributed by atoms with Crippen molar-refractivity contribution in [2.75, 3.05) is 26.8 Å². The lowest BCUT2D eigenvalue weighted by atomic mass is 9.90. The van der Waals surface area contributed by atoms with Crippen LogP contribution in [0.2, 0.25) is 0 Å². The van der Waals surface area contributed by atoms with Crippen LogP contribution in [0.25, 0.3) is 22.3 Å². The van der Waals surface area contributed by atoms with Gasteiger partial charge in [-0.05, 0) is 123 Å². The Balaban J connectivity index is 1.49. The van der Waals surface area contributed by atoms with Gasteiger partial charge in [0.15, 0.2) is 0 Å². The van der Waals surface area contributed by atoms with E-state index in [1.165, 1.54) is 29.5 Å². The smallest absolute Gasteiger partial charge is 0.303 e. The minimum Gasteiger partial charge on any atom is -0.497 e. The number of rotatable bonds is 14. The van der Waals surface area contributed by atoms with Crippen molar-refractivity contribution in [3.63, 3.8) is 0 Å². The Kier molecular flexibility index (Phi) is 10.8. The standard InChI is InChI=1S/C35H46N2O4/c1-24-15-16-25(2)37(24)18-9-19-41-34-13-7-12-33(27(34)4)32-11-6-10-31(26(32)3)29-20-28(21-30(22-29)40-5)23-36-17-8-14-35(38)39/h6-7,10-13,20-22,24-25,36H,8-9,14-19,23H2,1-5H3,(H,38,39)/t24-,25-/m1/s1. The Morgan fingerprint density at radius 1 is 0.951 bits per heavy atom. The van der Waals surface area contributed by atoms with Crippen LogP contribution in [0.3, 0.4) is 0 Å². The molecular formula is C35H46N2O4. The van der Waals surface area contributed by atoms with Crippen LogP contribution in [0.1, 0.15) is 62.6 Å². The second-order valence-electron chi connectivity index (χ2n) is 11.4. The number of carboxylic acids is 1. The molecular weight excluding hydrogens is 512 g/mol. The molecule has 1 aliphatic rings. The molecule has 1 saturated heterocycles. The maximum atomic E-state index is 10.8. The number of benzene rings is 3. The third kappa shape index (κ3) is 7.90. The zero-order valence-electron chi connectivity index (χ0n) is 25.3. The summed E-state index contributed by atoms with van der Waals surface area (Å²) in [6.45, 7) is 12.1. The zero-order chi connectivity index (χ0) is 29.4. The van der Waals surface area contributed by atoms with Gasteiger partial charge in [-0.1, -0.05) is 30.3 Å². The summed E-state index contributed by atoms with van der Waals surface area (Å²) in [6, 6.07) is 20.5. The molecule has 3 aromatic rings. The molecule has 3 aromatic carbocycles. The molecule has 1 fully saturated rings. The highest BCUT2D eigenvalue weighted by atomic mass is 16.5. The highest BCUT2D eigenvalue weighted by Gasteiger charge is 2.26. The monoisotopic (exact) mass is 558 g/mol. The molecule has 4 rings (SSSR count). The Bertz CT molecular complexity index is 1310. The van der Waals surface area contributed by atoms with Crippen LogP contribution in [-0.2, 0) is 11.3 Å². The summed E-state index contributed by atoms with van der Waals surface area (Å²) in [4.78, 5) is 13.4. The van der Waals surface area contributed by atoms with E-state index in [-0.39, 0.29) is 6.42 Å². The number of carboxylic acid groups (broad SMARTS) is 1. The van der Waals surface area contributed by atoms with Crippen molar-refractivity contribution in [1.82, 2.24) is 10.2 Å². The van der Waals surface area contributed by atoms with Crippen molar-refractivity contribution < 1.29 is 19.4 Å². The number of hydrogen-bond donors (Lipinski definition) is 2. The number of ether oxygens (including phenoxy) is 2. The first-order chi connectivity index (χ1) is 19.8. The maximum absolute atomic E-state index is 10.8. The number of carbonyl (C=O) groups is 1. The van der Waals surface area contributed by atoms with Crippen molar-refractivity contribution >= 4 is 5.97 Å². The molecule has 0 saturated carbocycles. The quantitative estimate of drug-likeness (QED) is 0.203. The molecule has 0 radical (unpaired) electrons. The maximum Gasteiger partial charge on any atom is 0.303 e. The van der Waals surface area contributed by atoms with Crippen molar-refractivity contribution in [1.29, 1.82) is 0 Å². The molecule has 0 bridgehead atoms. The fraction of sp³-hybridized carbons (Fsp3) is 0.457. The lowest BCUT2D eigenvalue weighted by Gasteiger charge is -2.25. The molecule has 0 aliphatic carbocycles. The van der Waals surface area contributed by atoms with E-state index >= 15 is 0 Å². The molecule has 220 valence electrons. The lowest BCUT2D eigenvalue weighted by Crippen LogP contribution is -2.34. The van der Waals surface area contributed by atoms with Crippen LogP contribution in [0.5, 0.6) is 11.5 Å². The molecule has 6 heteroatoms. The van der Waals surface area contributed by atoms with Gasteiger partial charge in [0.2, 0.25) is 0 Å². The average Bonchev–Trinajstić information content (AvgIpc) is 3.28. The fourth-order valence-electron chi connectivity index (χ4n) is 6.05. The van der Waals surface area contributed by atoms with Gasteiger partial charge in [0.05, 0.1) is 13.7 Å². The van der Waals surface area contributed by atoms with Gasteiger partial charge >= 0.3 is 5.97 Å². The van der Waals surface area contributed by atoms with Crippen LogP contribution >= 0.6 is 0 Å². The highest BCUT2D eigenvalue weighted by Crippen LogP contribution is 2.37. The molecule has 2 atom stereocenters. The van der Waals surface area contributed by atoms with Crippen molar-refractivity contribution in [2.24, 2.45) is 0 Å². The average molecular weight is 559 g/mol. The van der Waals surface area contributed by atoms with Crippen LogP contribution in [0, 0.1) is 13.8 Å². The molecule has 0 amide bonds. The third-order valence-corrected chi connectivity index (χ3v) is 8.45. The van der Waals surface area contributed by atoms with Crippen LogP contribution < -0.4 is 14.8 Å². The molecule has 2 N–H and O–H groups in total. The largest absolute Gasteiger partial charge is 0.497 e. The third-order valence-electron chi connectivity index (χ3n) is 8.45. The van der Waals surface area contributed by atoms with Gasteiger partial charge in [0, 0.05) is 31.6 Å². The SMILES string of the molecule is COc1cc(CNCCCC(=O)O)cc(-c2cccc(-c3cccc(OCCCN4[C@H](C)CC[C@H]4C)c3C)c2C)c1. The summed E-state index contributed by atoms with van der Waals surface area (Å²) in [5.74, 6) is 0.992. The summed E-state index contributed by atoms with van der Waals surface area (Å²) in [5.41, 5.74) is 8.11. The predicted molar refractivity (Wildman–Crippen MR) is 167 cm³/mol. The number of aliphatic carboxylic acids is 1.